The number of carboxylic acids is 1. The van der Waals surface area contributed by atoms with Gasteiger partial charge in [0.25, 0.3) is 0 Å². The Balaban J connectivity index is 2.00. The Morgan fingerprint density at radius 1 is 1.47 bits per heavy atom. The van der Waals surface area contributed by atoms with Crippen molar-refractivity contribution in [2.24, 2.45) is 0 Å². The lowest BCUT2D eigenvalue weighted by molar-refractivity contribution is 0.0696. The lowest BCUT2D eigenvalue weighted by atomic mass is 10.3. The van der Waals surface area contributed by atoms with Crippen LogP contribution in [0.2, 0.25) is 0 Å². The van der Waals surface area contributed by atoms with E-state index in [-0.39, 0.29) is 10.8 Å². The van der Waals surface area contributed by atoms with Crippen LogP contribution in [0.1, 0.15) is 15.5 Å². The summed E-state index contributed by atoms with van der Waals surface area (Å²) in [6, 6.07) is 6.92. The van der Waals surface area contributed by atoms with Crippen molar-refractivity contribution in [1.82, 2.24) is 4.98 Å². The molecule has 0 amide bonds. The van der Waals surface area contributed by atoms with Gasteiger partial charge in [-0.1, -0.05) is 6.07 Å². The molecular weight excluding hydrogens is 258 g/mol. The number of thiazole rings is 1. The predicted molar refractivity (Wildman–Crippen MR) is 66.7 cm³/mol. The molecule has 0 atom stereocenters. The molecule has 1 aromatic carbocycles. The first-order valence-corrected chi connectivity index (χ1v) is 6.61. The molecule has 0 spiro atoms. The number of rotatable bonds is 4. The molecule has 6 heteroatoms. The molecule has 0 saturated heterocycles. The van der Waals surface area contributed by atoms with Crippen LogP contribution < -0.4 is 0 Å². The number of phenolic OH excluding ortho intramolecular Hbond substituents is 1. The molecule has 4 nitrogen and oxygen atoms in total. The van der Waals surface area contributed by atoms with Gasteiger partial charge in [0.2, 0.25) is 5.01 Å². The van der Waals surface area contributed by atoms with Gasteiger partial charge in [-0.05, 0) is 18.2 Å². The van der Waals surface area contributed by atoms with Crippen molar-refractivity contribution >= 4 is 29.1 Å². The Kier molecular flexibility index (Phi) is 3.65. The van der Waals surface area contributed by atoms with E-state index in [2.05, 4.69) is 4.98 Å². The molecular formula is C11H9NO3S2. The number of benzene rings is 1. The van der Waals surface area contributed by atoms with Gasteiger partial charge < -0.3 is 10.2 Å². The number of aromatic hydroxyl groups is 1. The van der Waals surface area contributed by atoms with Crippen LogP contribution in [-0.2, 0) is 5.75 Å². The summed E-state index contributed by atoms with van der Waals surface area (Å²) in [5.41, 5.74) is 0.737. The van der Waals surface area contributed by atoms with Gasteiger partial charge in [0.15, 0.2) is 0 Å². The SMILES string of the molecule is O=C(O)c1nc(CSc2cccc(O)c2)cs1. The summed E-state index contributed by atoms with van der Waals surface area (Å²) in [6.07, 6.45) is 0. The van der Waals surface area contributed by atoms with Crippen LogP contribution in [0.3, 0.4) is 0 Å². The highest BCUT2D eigenvalue weighted by Crippen LogP contribution is 2.26. The number of phenols is 1. The minimum Gasteiger partial charge on any atom is -0.508 e. The maximum absolute atomic E-state index is 10.6. The van der Waals surface area contributed by atoms with Crippen molar-refractivity contribution in [3.63, 3.8) is 0 Å². The molecule has 1 heterocycles. The van der Waals surface area contributed by atoms with Gasteiger partial charge in [-0.25, -0.2) is 9.78 Å². The second-order valence-corrected chi connectivity index (χ2v) is 5.14. The standard InChI is InChI=1S/C11H9NO3S2/c13-8-2-1-3-9(4-8)16-5-7-6-17-10(12-7)11(14)15/h1-4,6,13H,5H2,(H,14,15). The van der Waals surface area contributed by atoms with Gasteiger partial charge in [0.1, 0.15) is 5.75 Å². The summed E-state index contributed by atoms with van der Waals surface area (Å²) in [4.78, 5) is 15.5. The van der Waals surface area contributed by atoms with Crippen LogP contribution >= 0.6 is 23.1 Å². The molecule has 0 saturated carbocycles. The zero-order valence-corrected chi connectivity index (χ0v) is 10.3. The van der Waals surface area contributed by atoms with Crippen LogP contribution in [0.5, 0.6) is 5.75 Å². The van der Waals surface area contributed by atoms with E-state index in [0.717, 1.165) is 21.9 Å². The van der Waals surface area contributed by atoms with Crippen LogP contribution in [0.15, 0.2) is 34.5 Å². The summed E-state index contributed by atoms with van der Waals surface area (Å²) < 4.78 is 0. The quantitative estimate of drug-likeness (QED) is 0.833. The molecule has 0 unspecified atom stereocenters. The lowest BCUT2D eigenvalue weighted by Crippen LogP contribution is -1.94. The monoisotopic (exact) mass is 267 g/mol. The van der Waals surface area contributed by atoms with E-state index in [4.69, 9.17) is 5.11 Å². The summed E-state index contributed by atoms with van der Waals surface area (Å²) in [5.74, 6) is -0.184. The highest BCUT2D eigenvalue weighted by Gasteiger charge is 2.08. The van der Waals surface area contributed by atoms with Gasteiger partial charge in [0, 0.05) is 16.0 Å². The number of carboxylic acid groups (broad SMARTS) is 1. The van der Waals surface area contributed by atoms with Crippen LogP contribution in [0.4, 0.5) is 0 Å². The van der Waals surface area contributed by atoms with E-state index in [9.17, 15) is 9.90 Å². The van der Waals surface area contributed by atoms with Gasteiger partial charge in [0.05, 0.1) is 5.69 Å². The molecule has 2 rings (SSSR count). The van der Waals surface area contributed by atoms with E-state index in [0.29, 0.717) is 5.75 Å². The fraction of sp³-hybridized carbons (Fsp3) is 0.0909. The maximum Gasteiger partial charge on any atom is 0.365 e. The zero-order valence-electron chi connectivity index (χ0n) is 8.66. The summed E-state index contributed by atoms with van der Waals surface area (Å²) in [5, 5.41) is 19.9. The van der Waals surface area contributed by atoms with Crippen molar-refractivity contribution < 1.29 is 15.0 Å². The second kappa shape index (κ2) is 5.20. The number of aromatic nitrogens is 1. The lowest BCUT2D eigenvalue weighted by Gasteiger charge is -1.99. The van der Waals surface area contributed by atoms with Crippen LogP contribution in [0, 0.1) is 0 Å². The third-order valence-electron chi connectivity index (χ3n) is 1.94. The van der Waals surface area contributed by atoms with Crippen LogP contribution in [-0.4, -0.2) is 21.2 Å². The van der Waals surface area contributed by atoms with Gasteiger partial charge >= 0.3 is 5.97 Å². The Morgan fingerprint density at radius 3 is 2.94 bits per heavy atom. The Bertz CT molecular complexity index is 539. The fourth-order valence-corrected chi connectivity index (χ4v) is 2.80. The van der Waals surface area contributed by atoms with E-state index in [1.54, 1.807) is 23.6 Å². The average molecular weight is 267 g/mol. The average Bonchev–Trinajstić information content (AvgIpc) is 2.75. The van der Waals surface area contributed by atoms with Crippen molar-refractivity contribution in [2.75, 3.05) is 0 Å². The molecule has 0 aliphatic heterocycles. The summed E-state index contributed by atoms with van der Waals surface area (Å²) >= 11 is 2.63. The molecule has 88 valence electrons. The van der Waals surface area contributed by atoms with Gasteiger partial charge in [-0.2, -0.15) is 0 Å². The molecule has 2 aromatic rings. The minimum absolute atomic E-state index is 0.108. The molecule has 0 aliphatic carbocycles. The maximum atomic E-state index is 10.6. The Hall–Kier alpha value is -1.53. The van der Waals surface area contributed by atoms with E-state index >= 15 is 0 Å². The van der Waals surface area contributed by atoms with Crippen molar-refractivity contribution in [3.05, 3.63) is 40.3 Å². The first-order valence-electron chi connectivity index (χ1n) is 4.74. The van der Waals surface area contributed by atoms with Crippen molar-refractivity contribution in [2.45, 2.75) is 10.6 Å². The molecule has 2 N–H and O–H groups in total. The molecule has 0 aliphatic rings. The number of thioether (sulfide) groups is 1. The number of hydrogen-bond donors (Lipinski definition) is 2. The number of hydrogen-bond acceptors (Lipinski definition) is 5. The van der Waals surface area contributed by atoms with Crippen molar-refractivity contribution in [1.29, 1.82) is 0 Å². The third kappa shape index (κ3) is 3.21. The molecule has 0 radical (unpaired) electrons. The molecule has 0 fully saturated rings. The van der Waals surface area contributed by atoms with E-state index in [1.807, 2.05) is 6.07 Å². The summed E-state index contributed by atoms with van der Waals surface area (Å²) in [6.45, 7) is 0. The predicted octanol–water partition coefficient (Wildman–Crippen LogP) is 2.84. The number of aromatic carboxylic acids is 1. The van der Waals surface area contributed by atoms with Crippen molar-refractivity contribution in [3.8, 4) is 5.75 Å². The first-order chi connectivity index (χ1) is 8.15. The molecule has 0 bridgehead atoms. The largest absolute Gasteiger partial charge is 0.508 e. The first kappa shape index (κ1) is 11.9. The third-order valence-corrected chi connectivity index (χ3v) is 3.85. The normalized spacial score (nSPS) is 10.4. The molecule has 17 heavy (non-hydrogen) atoms. The van der Waals surface area contributed by atoms with Gasteiger partial charge in [-0.3, -0.25) is 0 Å². The van der Waals surface area contributed by atoms with E-state index in [1.165, 1.54) is 11.8 Å². The molecule has 1 aromatic heterocycles. The highest BCUT2D eigenvalue weighted by molar-refractivity contribution is 7.98. The Morgan fingerprint density at radius 2 is 2.29 bits per heavy atom. The second-order valence-electron chi connectivity index (χ2n) is 3.24. The summed E-state index contributed by atoms with van der Waals surface area (Å²) in [7, 11) is 0. The number of carbonyl (C=O) groups is 1. The zero-order chi connectivity index (χ0) is 12.3. The van der Waals surface area contributed by atoms with Crippen LogP contribution in [0.25, 0.3) is 0 Å². The fourth-order valence-electron chi connectivity index (χ4n) is 1.20. The Labute approximate surface area is 106 Å². The smallest absolute Gasteiger partial charge is 0.365 e. The highest BCUT2D eigenvalue weighted by atomic mass is 32.2. The minimum atomic E-state index is -0.997. The van der Waals surface area contributed by atoms with Gasteiger partial charge in [-0.15, -0.1) is 23.1 Å². The number of nitrogens with zero attached hydrogens (tertiary/aromatic N) is 1. The van der Waals surface area contributed by atoms with E-state index < -0.39 is 5.97 Å². The topological polar surface area (TPSA) is 70.4 Å².